The van der Waals surface area contributed by atoms with E-state index in [0.717, 1.165) is 0 Å². The number of rotatable bonds is 16. The van der Waals surface area contributed by atoms with Gasteiger partial charge in [-0.15, -0.1) is 0 Å². The van der Waals surface area contributed by atoms with Crippen LogP contribution in [0.2, 0.25) is 0 Å². The fourth-order valence-corrected chi connectivity index (χ4v) is 2.39. The molecule has 0 rings (SSSR count). The molecule has 0 aromatic rings. The molecule has 0 aliphatic heterocycles. The molecule has 1 atom stereocenters. The minimum absolute atomic E-state index is 0.0265. The Morgan fingerprint density at radius 2 is 1.37 bits per heavy atom. The van der Waals surface area contributed by atoms with Crippen LogP contribution in [0.5, 0.6) is 0 Å². The van der Waals surface area contributed by atoms with E-state index in [9.17, 15) is 19.2 Å². The second-order valence-electron chi connectivity index (χ2n) is 7.29. The third-order valence-electron chi connectivity index (χ3n) is 3.89. The van der Waals surface area contributed by atoms with Gasteiger partial charge in [0, 0.05) is 39.4 Å². The second kappa shape index (κ2) is 15.6. The van der Waals surface area contributed by atoms with Crippen LogP contribution in [0.3, 0.4) is 0 Å². The van der Waals surface area contributed by atoms with Gasteiger partial charge in [-0.3, -0.25) is 19.2 Å². The van der Waals surface area contributed by atoms with Gasteiger partial charge in [-0.05, 0) is 26.7 Å². The Bertz CT molecular complexity index is 553. The van der Waals surface area contributed by atoms with Crippen LogP contribution >= 0.6 is 0 Å². The van der Waals surface area contributed by atoms with Gasteiger partial charge in [0.25, 0.3) is 0 Å². The van der Waals surface area contributed by atoms with E-state index < -0.39 is 17.7 Å². The molecule has 0 aliphatic rings. The summed E-state index contributed by atoms with van der Waals surface area (Å²) in [6.07, 6.45) is 2.03. The summed E-state index contributed by atoms with van der Waals surface area (Å²) < 4.78 is 11.2. The lowest BCUT2D eigenvalue weighted by molar-refractivity contribution is -0.211. The highest BCUT2D eigenvalue weighted by atomic mass is 16.7. The Morgan fingerprint density at radius 3 is 1.90 bits per heavy atom. The summed E-state index contributed by atoms with van der Waals surface area (Å²) in [7, 11) is 0. The smallest absolute Gasteiger partial charge is 0.244 e. The van der Waals surface area contributed by atoms with E-state index in [0.29, 0.717) is 38.8 Å². The predicted molar refractivity (Wildman–Crippen MR) is 112 cm³/mol. The topological polar surface area (TPSA) is 135 Å². The molecule has 0 heterocycles. The summed E-state index contributed by atoms with van der Waals surface area (Å²) in [6, 6.07) is -0.855. The Balaban J connectivity index is 4.41. The first-order chi connectivity index (χ1) is 14.1. The second-order valence-corrected chi connectivity index (χ2v) is 7.29. The van der Waals surface area contributed by atoms with Crippen molar-refractivity contribution >= 4 is 23.6 Å². The lowest BCUT2D eigenvalue weighted by atomic mass is 10.2. The van der Waals surface area contributed by atoms with Crippen molar-refractivity contribution in [2.24, 2.45) is 0 Å². The highest BCUT2D eigenvalue weighted by Crippen LogP contribution is 2.09. The van der Waals surface area contributed by atoms with E-state index in [-0.39, 0.29) is 37.4 Å². The summed E-state index contributed by atoms with van der Waals surface area (Å²) in [5.41, 5.74) is 0. The number of amides is 4. The molecule has 0 spiro atoms. The van der Waals surface area contributed by atoms with Gasteiger partial charge in [0.15, 0.2) is 5.79 Å². The molecular weight excluding hydrogens is 392 g/mol. The molecule has 174 valence electrons. The number of carbonyl (C=O) groups is 4. The van der Waals surface area contributed by atoms with Crippen molar-refractivity contribution < 1.29 is 28.7 Å². The number of ether oxygens (including phenoxy) is 2. The van der Waals surface area contributed by atoms with Crippen LogP contribution in [0.1, 0.15) is 60.3 Å². The largest absolute Gasteiger partial charge is 0.354 e. The van der Waals surface area contributed by atoms with Crippen molar-refractivity contribution in [3.05, 3.63) is 0 Å². The van der Waals surface area contributed by atoms with Crippen LogP contribution in [0.25, 0.3) is 0 Å². The first-order valence-electron chi connectivity index (χ1n) is 10.5. The van der Waals surface area contributed by atoms with Crippen molar-refractivity contribution in [1.82, 2.24) is 21.3 Å². The molecule has 0 aliphatic carbocycles. The number of hydrogen-bond acceptors (Lipinski definition) is 6. The van der Waals surface area contributed by atoms with Crippen molar-refractivity contribution in [2.75, 3.05) is 32.8 Å². The standard InChI is InChI=1S/C20H38N4O6/c1-6-8-17(26)23-14-16(24-18(27)9-7-2)19(28)22-11-13-30-20(4,5)29-12-10-21-15(3)25/h16H,6-14H2,1-5H3,(H,21,25)(H,22,28)(H,23,26)(H,24,27). The Labute approximate surface area is 179 Å². The van der Waals surface area contributed by atoms with Crippen LogP contribution in [-0.2, 0) is 28.7 Å². The molecule has 0 radical (unpaired) electrons. The summed E-state index contributed by atoms with van der Waals surface area (Å²) in [5.74, 6) is -1.82. The fraction of sp³-hybridized carbons (Fsp3) is 0.800. The van der Waals surface area contributed by atoms with E-state index in [2.05, 4.69) is 21.3 Å². The van der Waals surface area contributed by atoms with Crippen molar-refractivity contribution in [1.29, 1.82) is 0 Å². The van der Waals surface area contributed by atoms with Gasteiger partial charge < -0.3 is 30.7 Å². The zero-order chi connectivity index (χ0) is 23.0. The first kappa shape index (κ1) is 27.8. The maximum atomic E-state index is 12.4. The van der Waals surface area contributed by atoms with E-state index in [1.54, 1.807) is 13.8 Å². The summed E-state index contributed by atoms with van der Waals surface area (Å²) in [4.78, 5) is 46.8. The van der Waals surface area contributed by atoms with E-state index >= 15 is 0 Å². The molecule has 0 aromatic carbocycles. The van der Waals surface area contributed by atoms with Gasteiger partial charge in [-0.25, -0.2) is 0 Å². The summed E-state index contributed by atoms with van der Waals surface area (Å²) in [5, 5.41) is 10.6. The summed E-state index contributed by atoms with van der Waals surface area (Å²) in [6.45, 7) is 9.75. The molecule has 0 bridgehead atoms. The molecule has 4 amide bonds. The lowest BCUT2D eigenvalue weighted by Gasteiger charge is -2.26. The van der Waals surface area contributed by atoms with E-state index in [4.69, 9.17) is 9.47 Å². The third kappa shape index (κ3) is 14.7. The van der Waals surface area contributed by atoms with Gasteiger partial charge in [-0.2, -0.15) is 0 Å². The molecule has 10 heteroatoms. The molecule has 0 fully saturated rings. The number of nitrogens with one attached hydrogen (secondary N) is 4. The van der Waals surface area contributed by atoms with Crippen molar-refractivity contribution in [2.45, 2.75) is 72.1 Å². The zero-order valence-corrected chi connectivity index (χ0v) is 18.9. The van der Waals surface area contributed by atoms with Crippen molar-refractivity contribution in [3.8, 4) is 0 Å². The average molecular weight is 431 g/mol. The minimum atomic E-state index is -0.883. The van der Waals surface area contributed by atoms with Crippen LogP contribution in [0.15, 0.2) is 0 Å². The molecule has 10 nitrogen and oxygen atoms in total. The Morgan fingerprint density at radius 1 is 0.833 bits per heavy atom. The van der Waals surface area contributed by atoms with Gasteiger partial charge >= 0.3 is 0 Å². The molecular formula is C20H38N4O6. The van der Waals surface area contributed by atoms with Gasteiger partial charge in [-0.1, -0.05) is 13.8 Å². The fourth-order valence-electron chi connectivity index (χ4n) is 2.39. The number of carbonyl (C=O) groups excluding carboxylic acids is 4. The highest BCUT2D eigenvalue weighted by molar-refractivity contribution is 5.88. The predicted octanol–water partition coefficient (Wildman–Crippen LogP) is 0.209. The molecule has 30 heavy (non-hydrogen) atoms. The maximum absolute atomic E-state index is 12.4. The van der Waals surface area contributed by atoms with Gasteiger partial charge in [0.1, 0.15) is 6.04 Å². The SMILES string of the molecule is CCCC(=O)NCC(NC(=O)CCC)C(=O)NCCOC(C)(C)OCCNC(C)=O. The summed E-state index contributed by atoms with van der Waals surface area (Å²) >= 11 is 0. The minimum Gasteiger partial charge on any atom is -0.354 e. The number of hydrogen-bond donors (Lipinski definition) is 4. The van der Waals surface area contributed by atoms with Crippen LogP contribution < -0.4 is 21.3 Å². The first-order valence-corrected chi connectivity index (χ1v) is 10.5. The van der Waals surface area contributed by atoms with Crippen LogP contribution in [0, 0.1) is 0 Å². The molecule has 0 saturated heterocycles. The van der Waals surface area contributed by atoms with E-state index in [1.165, 1.54) is 6.92 Å². The Hall–Kier alpha value is -2.20. The van der Waals surface area contributed by atoms with Crippen LogP contribution in [0.4, 0.5) is 0 Å². The average Bonchev–Trinajstić information content (AvgIpc) is 2.66. The molecule has 4 N–H and O–H groups in total. The highest BCUT2D eigenvalue weighted by Gasteiger charge is 2.22. The van der Waals surface area contributed by atoms with Crippen LogP contribution in [-0.4, -0.2) is 68.3 Å². The lowest BCUT2D eigenvalue weighted by Crippen LogP contribution is -2.53. The molecule has 0 aromatic heterocycles. The third-order valence-corrected chi connectivity index (χ3v) is 3.89. The monoisotopic (exact) mass is 430 g/mol. The molecule has 0 saturated carbocycles. The Kier molecular flexibility index (Phi) is 14.5. The zero-order valence-electron chi connectivity index (χ0n) is 18.9. The van der Waals surface area contributed by atoms with E-state index in [1.807, 2.05) is 13.8 Å². The quantitative estimate of drug-likeness (QED) is 0.204. The molecule has 1 unspecified atom stereocenters. The van der Waals surface area contributed by atoms with Gasteiger partial charge in [0.05, 0.1) is 13.2 Å². The maximum Gasteiger partial charge on any atom is 0.244 e. The normalized spacial score (nSPS) is 12.0. The van der Waals surface area contributed by atoms with Crippen molar-refractivity contribution in [3.63, 3.8) is 0 Å². The van der Waals surface area contributed by atoms with Gasteiger partial charge in [0.2, 0.25) is 23.6 Å².